The van der Waals surface area contributed by atoms with Crippen molar-refractivity contribution in [2.24, 2.45) is 0 Å². The molecule has 1 aromatic carbocycles. The highest BCUT2D eigenvalue weighted by Crippen LogP contribution is 2.27. The highest BCUT2D eigenvalue weighted by atomic mass is 35.5. The molecule has 0 fully saturated rings. The molecule has 2 aromatic rings. The molecule has 4 nitrogen and oxygen atoms in total. The molecule has 0 saturated carbocycles. The van der Waals surface area contributed by atoms with E-state index in [0.717, 1.165) is 0 Å². The standard InChI is InChI=1S/C12H11ClF2N4S/c1-19(2)12-17-9(16-10(13)18-12)7-3-5-8(6-4-7)20-11(14)15/h3-6,11H,1-2H3. The van der Waals surface area contributed by atoms with E-state index in [2.05, 4.69) is 15.0 Å². The molecular formula is C12H11ClF2N4S. The average molecular weight is 317 g/mol. The van der Waals surface area contributed by atoms with Crippen molar-refractivity contribution in [2.45, 2.75) is 10.7 Å². The van der Waals surface area contributed by atoms with E-state index in [1.807, 2.05) is 0 Å². The molecule has 0 amide bonds. The minimum absolute atomic E-state index is 0.0877. The summed E-state index contributed by atoms with van der Waals surface area (Å²) in [6, 6.07) is 6.55. The van der Waals surface area contributed by atoms with E-state index in [9.17, 15) is 8.78 Å². The number of halogens is 3. The fourth-order valence-electron chi connectivity index (χ4n) is 1.45. The van der Waals surface area contributed by atoms with Crippen LogP contribution in [0.5, 0.6) is 0 Å². The number of rotatable bonds is 4. The molecule has 0 N–H and O–H groups in total. The van der Waals surface area contributed by atoms with Gasteiger partial charge < -0.3 is 4.90 Å². The minimum Gasteiger partial charge on any atom is -0.347 e. The van der Waals surface area contributed by atoms with Crippen molar-refractivity contribution >= 4 is 29.3 Å². The Balaban J connectivity index is 2.31. The third kappa shape index (κ3) is 3.77. The zero-order chi connectivity index (χ0) is 14.7. The monoisotopic (exact) mass is 316 g/mol. The van der Waals surface area contributed by atoms with Crippen LogP contribution in [0.4, 0.5) is 14.7 Å². The highest BCUT2D eigenvalue weighted by Gasteiger charge is 2.10. The van der Waals surface area contributed by atoms with Crippen LogP contribution in [0.1, 0.15) is 0 Å². The van der Waals surface area contributed by atoms with Gasteiger partial charge in [0.2, 0.25) is 11.2 Å². The van der Waals surface area contributed by atoms with Crippen molar-refractivity contribution in [1.29, 1.82) is 0 Å². The second-order valence-corrected chi connectivity index (χ2v) is 5.43. The van der Waals surface area contributed by atoms with Crippen molar-refractivity contribution in [2.75, 3.05) is 19.0 Å². The number of hydrogen-bond donors (Lipinski definition) is 0. The fourth-order valence-corrected chi connectivity index (χ4v) is 2.11. The number of nitrogens with zero attached hydrogens (tertiary/aromatic N) is 4. The quantitative estimate of drug-likeness (QED) is 0.807. The third-order valence-corrected chi connectivity index (χ3v) is 3.23. The first-order valence-electron chi connectivity index (χ1n) is 5.60. The molecule has 0 atom stereocenters. The number of anilines is 1. The Morgan fingerprint density at radius 2 is 1.75 bits per heavy atom. The van der Waals surface area contributed by atoms with Gasteiger partial charge in [-0.2, -0.15) is 23.7 Å². The molecule has 8 heteroatoms. The molecule has 0 aliphatic carbocycles. The van der Waals surface area contributed by atoms with Crippen LogP contribution in [0.25, 0.3) is 11.4 Å². The lowest BCUT2D eigenvalue weighted by Gasteiger charge is -2.11. The van der Waals surface area contributed by atoms with E-state index < -0.39 is 5.76 Å². The maximum Gasteiger partial charge on any atom is 0.288 e. The van der Waals surface area contributed by atoms with Crippen LogP contribution in [0.2, 0.25) is 5.28 Å². The summed E-state index contributed by atoms with van der Waals surface area (Å²) in [5.74, 6) is -1.60. The first-order chi connectivity index (χ1) is 9.45. The van der Waals surface area contributed by atoms with E-state index in [-0.39, 0.29) is 5.28 Å². The number of hydrogen-bond acceptors (Lipinski definition) is 5. The normalized spacial score (nSPS) is 10.9. The van der Waals surface area contributed by atoms with Crippen LogP contribution in [-0.2, 0) is 0 Å². The van der Waals surface area contributed by atoms with Gasteiger partial charge in [-0.1, -0.05) is 23.9 Å². The molecule has 106 valence electrons. The third-order valence-electron chi connectivity index (χ3n) is 2.33. The van der Waals surface area contributed by atoms with Gasteiger partial charge >= 0.3 is 0 Å². The number of thioether (sulfide) groups is 1. The minimum atomic E-state index is -2.44. The highest BCUT2D eigenvalue weighted by molar-refractivity contribution is 7.99. The van der Waals surface area contributed by atoms with Gasteiger partial charge in [0.1, 0.15) is 0 Å². The summed E-state index contributed by atoms with van der Waals surface area (Å²) in [6.07, 6.45) is 0. The summed E-state index contributed by atoms with van der Waals surface area (Å²) in [6.45, 7) is 0. The Morgan fingerprint density at radius 3 is 2.30 bits per heavy atom. The number of benzene rings is 1. The zero-order valence-corrected chi connectivity index (χ0v) is 12.3. The molecular weight excluding hydrogens is 306 g/mol. The molecule has 0 radical (unpaired) electrons. The summed E-state index contributed by atoms with van der Waals surface area (Å²) in [7, 11) is 3.58. The van der Waals surface area contributed by atoms with Gasteiger partial charge in [-0.15, -0.1) is 0 Å². The van der Waals surface area contributed by atoms with Gasteiger partial charge in [-0.3, -0.25) is 0 Å². The molecule has 0 bridgehead atoms. The predicted octanol–water partition coefficient (Wildman–Crippen LogP) is 3.57. The Hall–Kier alpha value is -1.47. The van der Waals surface area contributed by atoms with Crippen molar-refractivity contribution in [3.05, 3.63) is 29.5 Å². The van der Waals surface area contributed by atoms with E-state index in [1.165, 1.54) is 0 Å². The Kier molecular flexibility index (Phi) is 4.72. The van der Waals surface area contributed by atoms with Crippen molar-refractivity contribution in [3.63, 3.8) is 0 Å². The summed E-state index contributed by atoms with van der Waals surface area (Å²) >= 11 is 6.34. The Bertz CT molecular complexity index is 593. The van der Waals surface area contributed by atoms with E-state index in [0.29, 0.717) is 34.0 Å². The van der Waals surface area contributed by atoms with Crippen LogP contribution < -0.4 is 4.90 Å². The average Bonchev–Trinajstić information content (AvgIpc) is 2.38. The molecule has 1 aromatic heterocycles. The molecule has 0 aliphatic heterocycles. The second kappa shape index (κ2) is 6.32. The van der Waals surface area contributed by atoms with Crippen LogP contribution in [0.3, 0.4) is 0 Å². The summed E-state index contributed by atoms with van der Waals surface area (Å²) < 4.78 is 24.5. The fraction of sp³-hybridized carbons (Fsp3) is 0.250. The molecule has 0 spiro atoms. The summed E-state index contributed by atoms with van der Waals surface area (Å²) in [5.41, 5.74) is 0.691. The van der Waals surface area contributed by atoms with E-state index in [1.54, 1.807) is 43.3 Å². The second-order valence-electron chi connectivity index (χ2n) is 4.03. The van der Waals surface area contributed by atoms with Gasteiger partial charge in [-0.25, -0.2) is 0 Å². The zero-order valence-electron chi connectivity index (χ0n) is 10.7. The van der Waals surface area contributed by atoms with Gasteiger partial charge in [0.25, 0.3) is 5.76 Å². The van der Waals surface area contributed by atoms with Crippen LogP contribution in [0, 0.1) is 0 Å². The predicted molar refractivity (Wildman–Crippen MR) is 76.5 cm³/mol. The topological polar surface area (TPSA) is 41.9 Å². The van der Waals surface area contributed by atoms with Crippen molar-refractivity contribution in [3.8, 4) is 11.4 Å². The summed E-state index contributed by atoms with van der Waals surface area (Å²) in [4.78, 5) is 14.5. The lowest BCUT2D eigenvalue weighted by Crippen LogP contribution is -2.13. The molecule has 1 heterocycles. The smallest absolute Gasteiger partial charge is 0.288 e. The maximum absolute atomic E-state index is 12.2. The largest absolute Gasteiger partial charge is 0.347 e. The first kappa shape index (κ1) is 14.9. The van der Waals surface area contributed by atoms with Crippen LogP contribution >= 0.6 is 23.4 Å². The van der Waals surface area contributed by atoms with Gasteiger partial charge in [0.15, 0.2) is 5.82 Å². The van der Waals surface area contributed by atoms with Crippen LogP contribution in [0.15, 0.2) is 29.2 Å². The van der Waals surface area contributed by atoms with E-state index >= 15 is 0 Å². The van der Waals surface area contributed by atoms with Gasteiger partial charge in [0.05, 0.1) is 0 Å². The number of aromatic nitrogens is 3. The molecule has 0 saturated heterocycles. The number of alkyl halides is 2. The molecule has 0 aliphatic rings. The van der Waals surface area contributed by atoms with Crippen molar-refractivity contribution < 1.29 is 8.78 Å². The Morgan fingerprint density at radius 1 is 1.10 bits per heavy atom. The Labute approximate surface area is 124 Å². The van der Waals surface area contributed by atoms with Crippen LogP contribution in [-0.4, -0.2) is 34.8 Å². The SMILES string of the molecule is CN(C)c1nc(Cl)nc(-c2ccc(SC(F)F)cc2)n1. The lowest BCUT2D eigenvalue weighted by molar-refractivity contribution is 0.252. The molecule has 20 heavy (non-hydrogen) atoms. The maximum atomic E-state index is 12.2. The van der Waals surface area contributed by atoms with Crippen molar-refractivity contribution in [1.82, 2.24) is 15.0 Å². The first-order valence-corrected chi connectivity index (χ1v) is 6.85. The molecule has 0 unspecified atom stereocenters. The summed E-state index contributed by atoms with van der Waals surface area (Å²) in [5, 5.41) is 0.0877. The molecule has 2 rings (SSSR count). The van der Waals surface area contributed by atoms with Gasteiger partial charge in [0, 0.05) is 24.6 Å². The van der Waals surface area contributed by atoms with Gasteiger partial charge in [-0.05, 0) is 23.7 Å². The van der Waals surface area contributed by atoms with E-state index in [4.69, 9.17) is 11.6 Å². The lowest BCUT2D eigenvalue weighted by atomic mass is 10.2.